The number of hydrogen-bond donors (Lipinski definition) is 1. The molecule has 4 rings (SSSR count). The van der Waals surface area contributed by atoms with Crippen LogP contribution in [0.5, 0.6) is 0 Å². The first-order valence-electron chi connectivity index (χ1n) is 8.42. The summed E-state index contributed by atoms with van der Waals surface area (Å²) in [4.78, 5) is 36.8. The van der Waals surface area contributed by atoms with E-state index in [1.807, 2.05) is 0 Å². The zero-order chi connectivity index (χ0) is 17.2. The first kappa shape index (κ1) is 15.6. The molecule has 1 saturated carbocycles. The third-order valence-corrected chi connectivity index (χ3v) is 4.37. The second kappa shape index (κ2) is 6.54. The molecule has 8 nitrogen and oxygen atoms in total. The Morgan fingerprint density at radius 2 is 1.80 bits per heavy atom. The summed E-state index contributed by atoms with van der Waals surface area (Å²) in [5.41, 5.74) is 0.379. The fourth-order valence-electron chi connectivity index (χ4n) is 2.79. The highest BCUT2D eigenvalue weighted by Gasteiger charge is 2.28. The van der Waals surface area contributed by atoms with Crippen molar-refractivity contribution in [2.45, 2.75) is 18.9 Å². The summed E-state index contributed by atoms with van der Waals surface area (Å²) in [6, 6.07) is 5.40. The van der Waals surface area contributed by atoms with Crippen molar-refractivity contribution >= 4 is 17.8 Å². The molecule has 2 aromatic heterocycles. The van der Waals surface area contributed by atoms with Gasteiger partial charge in [0.2, 0.25) is 5.95 Å². The smallest absolute Gasteiger partial charge is 0.289 e. The van der Waals surface area contributed by atoms with Crippen LogP contribution in [0.3, 0.4) is 0 Å². The Hall–Kier alpha value is -2.90. The number of aromatic nitrogens is 2. The maximum atomic E-state index is 12.6. The Labute approximate surface area is 144 Å². The number of nitrogens with one attached hydrogen (secondary N) is 1. The lowest BCUT2D eigenvalue weighted by molar-refractivity contribution is 0.0515. The van der Waals surface area contributed by atoms with Gasteiger partial charge in [0.05, 0.1) is 6.26 Å². The number of carbonyl (C=O) groups excluding carboxylic acids is 2. The molecule has 0 unspecified atom stereocenters. The predicted molar refractivity (Wildman–Crippen MR) is 89.2 cm³/mol. The molecule has 1 aliphatic carbocycles. The van der Waals surface area contributed by atoms with Crippen molar-refractivity contribution in [1.82, 2.24) is 19.8 Å². The zero-order valence-electron chi connectivity index (χ0n) is 13.7. The maximum Gasteiger partial charge on any atom is 0.289 e. The number of anilines is 1. The molecular weight excluding hydrogens is 322 g/mol. The SMILES string of the molecule is O=C(c1ccnc(NC2CC2)n1)N1CCN(C(=O)c2ccco2)CC1. The van der Waals surface area contributed by atoms with E-state index in [9.17, 15) is 9.59 Å². The van der Waals surface area contributed by atoms with Crippen LogP contribution >= 0.6 is 0 Å². The van der Waals surface area contributed by atoms with E-state index in [2.05, 4.69) is 15.3 Å². The Balaban J connectivity index is 1.37. The molecule has 8 heteroatoms. The maximum absolute atomic E-state index is 12.6. The van der Waals surface area contributed by atoms with Crippen LogP contribution in [0.25, 0.3) is 0 Å². The highest BCUT2D eigenvalue weighted by atomic mass is 16.3. The van der Waals surface area contributed by atoms with Crippen LogP contribution in [0, 0.1) is 0 Å². The molecule has 0 bridgehead atoms. The van der Waals surface area contributed by atoms with E-state index < -0.39 is 0 Å². The zero-order valence-corrected chi connectivity index (χ0v) is 13.7. The Kier molecular flexibility index (Phi) is 4.09. The molecule has 1 saturated heterocycles. The van der Waals surface area contributed by atoms with Gasteiger partial charge in [-0.3, -0.25) is 9.59 Å². The van der Waals surface area contributed by atoms with Crippen LogP contribution in [0.4, 0.5) is 5.95 Å². The lowest BCUT2D eigenvalue weighted by Crippen LogP contribution is -2.50. The monoisotopic (exact) mass is 341 g/mol. The van der Waals surface area contributed by atoms with Gasteiger partial charge in [0.25, 0.3) is 11.8 Å². The van der Waals surface area contributed by atoms with E-state index in [1.54, 1.807) is 34.2 Å². The standard InChI is InChI=1S/C17H19N5O3/c23-15(13-5-6-18-17(20-13)19-12-3-4-12)21-7-9-22(10-8-21)16(24)14-2-1-11-25-14/h1-2,5-6,11-12H,3-4,7-10H2,(H,18,19,20). The van der Waals surface area contributed by atoms with Crippen molar-refractivity contribution in [3.8, 4) is 0 Å². The minimum absolute atomic E-state index is 0.133. The van der Waals surface area contributed by atoms with E-state index in [0.717, 1.165) is 12.8 Å². The molecule has 2 aromatic rings. The van der Waals surface area contributed by atoms with Gasteiger partial charge in [-0.15, -0.1) is 0 Å². The summed E-state index contributed by atoms with van der Waals surface area (Å²) in [6.45, 7) is 1.90. The molecule has 0 spiro atoms. The molecule has 2 amide bonds. The molecule has 130 valence electrons. The largest absolute Gasteiger partial charge is 0.459 e. The summed E-state index contributed by atoms with van der Waals surface area (Å²) in [7, 11) is 0. The van der Waals surface area contributed by atoms with Gasteiger partial charge in [-0.1, -0.05) is 0 Å². The van der Waals surface area contributed by atoms with Gasteiger partial charge < -0.3 is 19.5 Å². The topological polar surface area (TPSA) is 91.6 Å². The Morgan fingerprint density at radius 1 is 1.08 bits per heavy atom. The molecule has 0 radical (unpaired) electrons. The quantitative estimate of drug-likeness (QED) is 0.900. The average Bonchev–Trinajstić information content (AvgIpc) is 3.29. The summed E-state index contributed by atoms with van der Waals surface area (Å²) >= 11 is 0. The van der Waals surface area contributed by atoms with E-state index >= 15 is 0 Å². The Bertz CT molecular complexity index is 764. The van der Waals surface area contributed by atoms with Gasteiger partial charge >= 0.3 is 0 Å². The van der Waals surface area contributed by atoms with Gasteiger partial charge in [0.15, 0.2) is 5.76 Å². The lowest BCUT2D eigenvalue weighted by Gasteiger charge is -2.34. The van der Waals surface area contributed by atoms with Crippen LogP contribution in [0.15, 0.2) is 35.1 Å². The summed E-state index contributed by atoms with van der Waals surface area (Å²) in [5, 5.41) is 3.20. The van der Waals surface area contributed by atoms with Crippen LogP contribution in [0.1, 0.15) is 33.9 Å². The van der Waals surface area contributed by atoms with Crippen molar-refractivity contribution in [1.29, 1.82) is 0 Å². The van der Waals surface area contributed by atoms with Crippen molar-refractivity contribution < 1.29 is 14.0 Å². The molecule has 2 aliphatic rings. The second-order valence-corrected chi connectivity index (χ2v) is 6.25. The van der Waals surface area contributed by atoms with Gasteiger partial charge in [0.1, 0.15) is 5.69 Å². The third kappa shape index (κ3) is 3.47. The molecule has 1 N–H and O–H groups in total. The normalized spacial score (nSPS) is 17.4. The fourth-order valence-corrected chi connectivity index (χ4v) is 2.79. The van der Waals surface area contributed by atoms with Crippen LogP contribution < -0.4 is 5.32 Å². The van der Waals surface area contributed by atoms with E-state index in [4.69, 9.17) is 4.42 Å². The molecular formula is C17H19N5O3. The Morgan fingerprint density at radius 3 is 2.44 bits per heavy atom. The first-order chi connectivity index (χ1) is 12.2. The number of carbonyl (C=O) groups is 2. The average molecular weight is 341 g/mol. The van der Waals surface area contributed by atoms with Crippen molar-refractivity contribution in [3.05, 3.63) is 42.1 Å². The molecule has 3 heterocycles. The molecule has 1 aliphatic heterocycles. The number of furan rings is 1. The second-order valence-electron chi connectivity index (χ2n) is 6.25. The summed E-state index contributed by atoms with van der Waals surface area (Å²) in [6.07, 6.45) is 5.32. The first-order valence-corrected chi connectivity index (χ1v) is 8.42. The minimum atomic E-state index is -0.143. The van der Waals surface area contributed by atoms with Gasteiger partial charge in [-0.2, -0.15) is 0 Å². The molecule has 25 heavy (non-hydrogen) atoms. The summed E-state index contributed by atoms with van der Waals surface area (Å²) < 4.78 is 5.15. The van der Waals surface area contributed by atoms with Crippen molar-refractivity contribution in [3.63, 3.8) is 0 Å². The number of amides is 2. The molecule has 0 atom stereocenters. The van der Waals surface area contributed by atoms with E-state index in [1.165, 1.54) is 6.26 Å². The van der Waals surface area contributed by atoms with Crippen molar-refractivity contribution in [2.24, 2.45) is 0 Å². The number of rotatable bonds is 4. The van der Waals surface area contributed by atoms with Crippen LogP contribution in [-0.2, 0) is 0 Å². The van der Waals surface area contributed by atoms with E-state index in [-0.39, 0.29) is 11.8 Å². The molecule has 0 aromatic carbocycles. The van der Waals surface area contributed by atoms with Gasteiger partial charge in [0, 0.05) is 38.4 Å². The predicted octanol–water partition coefficient (Wildman–Crippen LogP) is 1.24. The number of hydrogen-bond acceptors (Lipinski definition) is 6. The molecule has 2 fully saturated rings. The van der Waals surface area contributed by atoms with E-state index in [0.29, 0.717) is 49.6 Å². The van der Waals surface area contributed by atoms with Crippen molar-refractivity contribution in [2.75, 3.05) is 31.5 Å². The number of nitrogens with zero attached hydrogens (tertiary/aromatic N) is 4. The highest BCUT2D eigenvalue weighted by molar-refractivity contribution is 5.93. The highest BCUT2D eigenvalue weighted by Crippen LogP contribution is 2.22. The lowest BCUT2D eigenvalue weighted by atomic mass is 10.2. The van der Waals surface area contributed by atoms with Gasteiger partial charge in [-0.05, 0) is 31.0 Å². The third-order valence-electron chi connectivity index (χ3n) is 4.37. The fraction of sp³-hybridized carbons (Fsp3) is 0.412. The number of piperazine rings is 1. The van der Waals surface area contributed by atoms with Crippen LogP contribution in [0.2, 0.25) is 0 Å². The van der Waals surface area contributed by atoms with Crippen LogP contribution in [-0.4, -0.2) is 63.8 Å². The van der Waals surface area contributed by atoms with Gasteiger partial charge in [-0.25, -0.2) is 9.97 Å². The summed E-state index contributed by atoms with van der Waals surface area (Å²) in [5.74, 6) is 0.549. The minimum Gasteiger partial charge on any atom is -0.459 e.